The van der Waals surface area contributed by atoms with Gasteiger partial charge in [0.2, 0.25) is 5.91 Å². The highest BCUT2D eigenvalue weighted by atomic mass is 32.2. The highest BCUT2D eigenvalue weighted by Crippen LogP contribution is 2.25. The minimum atomic E-state index is -3.54. The molecule has 7 nitrogen and oxygen atoms in total. The normalized spacial score (nSPS) is 34.0. The van der Waals surface area contributed by atoms with E-state index in [-0.39, 0.29) is 19.7 Å². The number of nitrogens with zero attached hydrogens (tertiary/aromatic N) is 2. The number of rotatable bonds is 3. The van der Waals surface area contributed by atoms with Gasteiger partial charge in [0.1, 0.15) is 6.10 Å². The van der Waals surface area contributed by atoms with Crippen molar-refractivity contribution < 1.29 is 17.9 Å². The molecule has 0 radical (unpaired) electrons. The van der Waals surface area contributed by atoms with Gasteiger partial charge in [-0.1, -0.05) is 13.8 Å². The number of carbonyl (C=O) groups excluding carboxylic acids is 1. The Labute approximate surface area is 120 Å². The van der Waals surface area contributed by atoms with Crippen LogP contribution in [0.4, 0.5) is 0 Å². The van der Waals surface area contributed by atoms with E-state index in [1.54, 1.807) is 0 Å². The summed E-state index contributed by atoms with van der Waals surface area (Å²) in [6.45, 7) is 5.66. The van der Waals surface area contributed by atoms with Gasteiger partial charge in [0.25, 0.3) is 10.2 Å². The van der Waals surface area contributed by atoms with Crippen molar-refractivity contribution in [3.8, 4) is 0 Å². The molecule has 3 unspecified atom stereocenters. The van der Waals surface area contributed by atoms with Crippen LogP contribution in [0.1, 0.15) is 20.3 Å². The Morgan fingerprint density at radius 1 is 1.15 bits per heavy atom. The molecule has 3 atom stereocenters. The molecular weight excluding hydrogens is 282 g/mol. The van der Waals surface area contributed by atoms with Gasteiger partial charge in [0.05, 0.1) is 13.2 Å². The lowest BCUT2D eigenvalue weighted by atomic mass is 9.94. The highest BCUT2D eigenvalue weighted by Gasteiger charge is 2.38. The van der Waals surface area contributed by atoms with E-state index in [0.29, 0.717) is 24.9 Å². The zero-order valence-electron chi connectivity index (χ0n) is 12.0. The van der Waals surface area contributed by atoms with Crippen LogP contribution >= 0.6 is 0 Å². The second-order valence-corrected chi connectivity index (χ2v) is 7.82. The van der Waals surface area contributed by atoms with Crippen molar-refractivity contribution in [2.24, 2.45) is 17.6 Å². The summed E-state index contributed by atoms with van der Waals surface area (Å²) in [5.41, 5.74) is 5.20. The zero-order chi connectivity index (χ0) is 14.9. The van der Waals surface area contributed by atoms with Gasteiger partial charge >= 0.3 is 0 Å². The topological polar surface area (TPSA) is 92.9 Å². The maximum Gasteiger partial charge on any atom is 0.282 e. The van der Waals surface area contributed by atoms with Gasteiger partial charge in [-0.25, -0.2) is 0 Å². The van der Waals surface area contributed by atoms with Crippen molar-refractivity contribution in [2.75, 3.05) is 32.8 Å². The number of hydrogen-bond acceptors (Lipinski definition) is 4. The molecule has 2 aliphatic rings. The Balaban J connectivity index is 2.11. The van der Waals surface area contributed by atoms with Crippen LogP contribution in [0, 0.1) is 11.8 Å². The summed E-state index contributed by atoms with van der Waals surface area (Å²) in [4.78, 5) is 11.2. The van der Waals surface area contributed by atoms with Crippen molar-refractivity contribution in [1.29, 1.82) is 0 Å². The van der Waals surface area contributed by atoms with Crippen LogP contribution in [0.15, 0.2) is 0 Å². The Bertz CT molecular complexity index is 457. The molecule has 0 aromatic rings. The zero-order valence-corrected chi connectivity index (χ0v) is 12.8. The van der Waals surface area contributed by atoms with Gasteiger partial charge in [-0.05, 0) is 18.3 Å². The second kappa shape index (κ2) is 5.97. The Hall–Kier alpha value is -0.700. The van der Waals surface area contributed by atoms with Crippen molar-refractivity contribution in [3.63, 3.8) is 0 Å². The Kier molecular flexibility index (Phi) is 4.68. The van der Waals surface area contributed by atoms with Crippen molar-refractivity contribution in [2.45, 2.75) is 26.4 Å². The monoisotopic (exact) mass is 305 g/mol. The summed E-state index contributed by atoms with van der Waals surface area (Å²) in [6, 6.07) is 0. The van der Waals surface area contributed by atoms with Gasteiger partial charge in [-0.15, -0.1) is 0 Å². The van der Waals surface area contributed by atoms with Crippen LogP contribution in [0.3, 0.4) is 0 Å². The molecule has 0 bridgehead atoms. The molecule has 1 amide bonds. The lowest BCUT2D eigenvalue weighted by Gasteiger charge is -2.39. The molecule has 20 heavy (non-hydrogen) atoms. The number of amides is 1. The van der Waals surface area contributed by atoms with E-state index in [2.05, 4.69) is 13.8 Å². The minimum Gasteiger partial charge on any atom is -0.367 e. The van der Waals surface area contributed by atoms with Gasteiger partial charge in [0, 0.05) is 19.6 Å². The molecule has 0 aliphatic carbocycles. The second-order valence-electron chi connectivity index (χ2n) is 5.89. The number of hydrogen-bond donors (Lipinski definition) is 1. The smallest absolute Gasteiger partial charge is 0.282 e. The van der Waals surface area contributed by atoms with E-state index < -0.39 is 22.2 Å². The van der Waals surface area contributed by atoms with Crippen molar-refractivity contribution in [1.82, 2.24) is 8.61 Å². The van der Waals surface area contributed by atoms with Crippen LogP contribution in [0.5, 0.6) is 0 Å². The minimum absolute atomic E-state index is 0.0108. The van der Waals surface area contributed by atoms with Crippen LogP contribution in [-0.2, 0) is 19.7 Å². The summed E-state index contributed by atoms with van der Waals surface area (Å²) in [7, 11) is -3.54. The standard InChI is InChI=1S/C12H23N3O4S/c1-9-5-10(2)7-15(6-9)20(17,18)14-3-4-19-11(8-14)12(13)16/h9-11H,3-8H2,1-2H3,(H2,13,16). The largest absolute Gasteiger partial charge is 0.367 e. The molecule has 2 rings (SSSR count). The average molecular weight is 305 g/mol. The maximum atomic E-state index is 12.6. The number of morpholine rings is 1. The number of piperidine rings is 1. The quantitative estimate of drug-likeness (QED) is 0.753. The maximum absolute atomic E-state index is 12.6. The summed E-state index contributed by atoms with van der Waals surface area (Å²) in [5, 5.41) is 0. The molecule has 116 valence electrons. The molecular formula is C12H23N3O4S. The summed E-state index contributed by atoms with van der Waals surface area (Å²) in [6.07, 6.45) is 0.192. The first-order valence-electron chi connectivity index (χ1n) is 6.97. The van der Waals surface area contributed by atoms with Gasteiger partial charge in [-0.2, -0.15) is 17.0 Å². The van der Waals surface area contributed by atoms with E-state index in [4.69, 9.17) is 10.5 Å². The molecule has 0 spiro atoms. The summed E-state index contributed by atoms with van der Waals surface area (Å²) in [5.74, 6) is 0.0771. The fraction of sp³-hybridized carbons (Fsp3) is 0.917. The van der Waals surface area contributed by atoms with E-state index in [1.807, 2.05) is 0 Å². The molecule has 2 fully saturated rings. The lowest BCUT2D eigenvalue weighted by Crippen LogP contribution is -2.56. The van der Waals surface area contributed by atoms with Crippen LogP contribution < -0.4 is 5.73 Å². The van der Waals surface area contributed by atoms with Gasteiger partial charge in [-0.3, -0.25) is 4.79 Å². The van der Waals surface area contributed by atoms with E-state index in [0.717, 1.165) is 6.42 Å². The first kappa shape index (κ1) is 15.7. The summed E-state index contributed by atoms with van der Waals surface area (Å²) >= 11 is 0. The Morgan fingerprint density at radius 3 is 2.30 bits per heavy atom. The Morgan fingerprint density at radius 2 is 1.75 bits per heavy atom. The SMILES string of the molecule is CC1CC(C)CN(S(=O)(=O)N2CCOC(C(N)=O)C2)C1. The van der Waals surface area contributed by atoms with Gasteiger partial charge in [0.15, 0.2) is 0 Å². The first-order valence-corrected chi connectivity index (χ1v) is 8.36. The van der Waals surface area contributed by atoms with E-state index in [1.165, 1.54) is 8.61 Å². The number of primary amides is 1. The predicted octanol–water partition coefficient (Wildman–Crippen LogP) is -0.605. The fourth-order valence-electron chi connectivity index (χ4n) is 2.96. The molecule has 2 aliphatic heterocycles. The van der Waals surface area contributed by atoms with Gasteiger partial charge < -0.3 is 10.5 Å². The molecule has 2 N–H and O–H groups in total. The summed E-state index contributed by atoms with van der Waals surface area (Å²) < 4.78 is 33.3. The lowest BCUT2D eigenvalue weighted by molar-refractivity contribution is -0.132. The molecule has 0 aromatic heterocycles. The number of ether oxygens (including phenoxy) is 1. The van der Waals surface area contributed by atoms with Crippen LogP contribution in [-0.4, -0.2) is 61.8 Å². The number of carbonyl (C=O) groups is 1. The van der Waals surface area contributed by atoms with Crippen molar-refractivity contribution >= 4 is 16.1 Å². The number of nitrogens with two attached hydrogens (primary N) is 1. The van der Waals surface area contributed by atoms with Crippen LogP contribution in [0.2, 0.25) is 0 Å². The molecule has 2 heterocycles. The van der Waals surface area contributed by atoms with E-state index >= 15 is 0 Å². The third kappa shape index (κ3) is 3.30. The average Bonchev–Trinajstić information content (AvgIpc) is 2.37. The third-order valence-corrected chi connectivity index (χ3v) is 5.77. The molecule has 8 heteroatoms. The first-order chi connectivity index (χ1) is 9.30. The van der Waals surface area contributed by atoms with Crippen molar-refractivity contribution in [3.05, 3.63) is 0 Å². The molecule has 2 saturated heterocycles. The third-order valence-electron chi connectivity index (χ3n) is 3.83. The van der Waals surface area contributed by atoms with Crippen LogP contribution in [0.25, 0.3) is 0 Å². The highest BCUT2D eigenvalue weighted by molar-refractivity contribution is 7.86. The fourth-order valence-corrected chi connectivity index (χ4v) is 4.81. The predicted molar refractivity (Wildman–Crippen MR) is 73.9 cm³/mol. The molecule has 0 saturated carbocycles. The molecule has 0 aromatic carbocycles. The van der Waals surface area contributed by atoms with E-state index in [9.17, 15) is 13.2 Å².